The summed E-state index contributed by atoms with van der Waals surface area (Å²) in [4.78, 5) is 0. The fourth-order valence-electron chi connectivity index (χ4n) is 11.7. The summed E-state index contributed by atoms with van der Waals surface area (Å²) in [5.74, 6) is -0.681. The number of hydrogen-bond acceptors (Lipinski definition) is 1. The fraction of sp³-hybridized carbons (Fsp3) is 0.0317. The lowest BCUT2D eigenvalue weighted by Gasteiger charge is -2.30. The van der Waals surface area contributed by atoms with E-state index in [9.17, 15) is 5.26 Å². The van der Waals surface area contributed by atoms with Gasteiger partial charge < -0.3 is 18.3 Å². The van der Waals surface area contributed by atoms with Crippen LogP contribution in [0.1, 0.15) is 18.1 Å². The van der Waals surface area contributed by atoms with E-state index in [1.54, 1.807) is 12.1 Å². The van der Waals surface area contributed by atoms with Crippen LogP contribution in [0.3, 0.4) is 0 Å². The van der Waals surface area contributed by atoms with Crippen molar-refractivity contribution in [2.75, 3.05) is 0 Å². The van der Waals surface area contributed by atoms with Gasteiger partial charge in [-0.1, -0.05) is 140 Å². The Labute approximate surface area is 400 Å². The summed E-state index contributed by atoms with van der Waals surface area (Å²) in [5.41, 5.74) is 13.1. The zero-order chi connectivity index (χ0) is 46.8. The standard InChI is InChI=1S/C63H39F2N5/c1-2-38-17-3-4-18-41(38)59-62(69-55-29-15-9-23-46(55)48-35-39(64)31-33-57(48)69)60(67-51-25-11-5-19-42(51)43-20-6-12-26-52(43)67)50(37-66)61(68-53-27-13-7-21-44(53)45-22-8-14-28-54(45)68)63(59)70-56-30-16-10-24-47(56)49-36-40(65)32-34-58(49)70/h3-36H,2H2,1H3. The van der Waals surface area contributed by atoms with E-state index < -0.39 is 0 Å². The average molecular weight is 904 g/mol. The zero-order valence-corrected chi connectivity index (χ0v) is 37.8. The highest BCUT2D eigenvalue weighted by Gasteiger charge is 2.35. The summed E-state index contributed by atoms with van der Waals surface area (Å²) in [6.45, 7) is 2.18. The molecular weight excluding hydrogens is 865 g/mol. The van der Waals surface area contributed by atoms with Gasteiger partial charge in [0.05, 0.1) is 66.9 Å². The molecule has 0 saturated heterocycles. The Morgan fingerprint density at radius 1 is 0.357 bits per heavy atom. The van der Waals surface area contributed by atoms with Gasteiger partial charge in [0.15, 0.2) is 0 Å². The third-order valence-corrected chi connectivity index (χ3v) is 14.5. The maximum atomic E-state index is 15.7. The topological polar surface area (TPSA) is 43.5 Å². The van der Waals surface area contributed by atoms with Gasteiger partial charge >= 0.3 is 0 Å². The summed E-state index contributed by atoms with van der Waals surface area (Å²) < 4.78 is 40.6. The largest absolute Gasteiger partial charge is 0.306 e. The Morgan fingerprint density at radius 2 is 0.657 bits per heavy atom. The molecule has 0 unspecified atom stereocenters. The molecule has 0 saturated carbocycles. The van der Waals surface area contributed by atoms with Crippen molar-refractivity contribution >= 4 is 87.2 Å². The van der Waals surface area contributed by atoms with Crippen molar-refractivity contribution < 1.29 is 8.78 Å². The highest BCUT2D eigenvalue weighted by Crippen LogP contribution is 2.52. The number of halogens is 2. The molecule has 0 N–H and O–H groups in total. The number of benzene rings is 10. The molecule has 0 bridgehead atoms. The first-order chi connectivity index (χ1) is 34.5. The predicted octanol–water partition coefficient (Wildman–Crippen LogP) is 16.5. The van der Waals surface area contributed by atoms with Crippen LogP contribution in [0.5, 0.6) is 0 Å². The maximum absolute atomic E-state index is 15.7. The summed E-state index contributed by atoms with van der Waals surface area (Å²) in [5, 5.41) is 20.0. The molecule has 5 nitrogen and oxygen atoms in total. The fourth-order valence-corrected chi connectivity index (χ4v) is 11.7. The number of nitrogens with zero attached hydrogens (tertiary/aromatic N) is 5. The SMILES string of the molecule is CCc1ccccc1-c1c(-n2c3ccccc3c3cc(F)ccc32)c(-n2c3ccccc3c3ccccc32)c(C#N)c(-n2c3ccccc3c3ccccc32)c1-n1c2ccccc2c2cc(F)ccc21. The zero-order valence-electron chi connectivity index (χ0n) is 37.8. The van der Waals surface area contributed by atoms with E-state index >= 15 is 8.78 Å². The minimum Gasteiger partial charge on any atom is -0.306 e. The van der Waals surface area contributed by atoms with Crippen LogP contribution < -0.4 is 0 Å². The van der Waals surface area contributed by atoms with Crippen LogP contribution in [0, 0.1) is 23.0 Å². The molecule has 7 heteroatoms. The molecule has 14 rings (SSSR count). The van der Waals surface area contributed by atoms with E-state index in [1.165, 1.54) is 12.1 Å². The average Bonchev–Trinajstić information content (AvgIpc) is 4.13. The lowest BCUT2D eigenvalue weighted by molar-refractivity contribution is 0.629. The highest BCUT2D eigenvalue weighted by molar-refractivity contribution is 6.17. The molecule has 0 aliphatic carbocycles. The molecule has 0 atom stereocenters. The van der Waals surface area contributed by atoms with Crippen LogP contribution in [0.15, 0.2) is 206 Å². The Balaban J connectivity index is 1.38. The van der Waals surface area contributed by atoms with Gasteiger partial charge in [-0.05, 0) is 90.3 Å². The number of aromatic nitrogens is 4. The van der Waals surface area contributed by atoms with Crippen molar-refractivity contribution in [2.24, 2.45) is 0 Å². The molecule has 70 heavy (non-hydrogen) atoms. The summed E-state index contributed by atoms with van der Waals surface area (Å²) >= 11 is 0. The third kappa shape index (κ3) is 5.44. The van der Waals surface area contributed by atoms with Gasteiger partial charge in [-0.2, -0.15) is 5.26 Å². The lowest BCUT2D eigenvalue weighted by atomic mass is 9.90. The molecule has 4 heterocycles. The minimum atomic E-state index is -0.341. The predicted molar refractivity (Wildman–Crippen MR) is 283 cm³/mol. The normalized spacial score (nSPS) is 12.0. The Hall–Kier alpha value is -9.25. The van der Waals surface area contributed by atoms with E-state index in [2.05, 4.69) is 165 Å². The van der Waals surface area contributed by atoms with Crippen molar-refractivity contribution in [3.63, 3.8) is 0 Å². The van der Waals surface area contributed by atoms with E-state index in [-0.39, 0.29) is 11.6 Å². The molecule has 10 aromatic carbocycles. The van der Waals surface area contributed by atoms with Gasteiger partial charge in [-0.25, -0.2) is 8.78 Å². The van der Waals surface area contributed by atoms with E-state index in [0.29, 0.717) is 23.4 Å². The van der Waals surface area contributed by atoms with Crippen LogP contribution in [-0.2, 0) is 6.42 Å². The van der Waals surface area contributed by atoms with E-state index in [4.69, 9.17) is 0 Å². The first-order valence-electron chi connectivity index (χ1n) is 23.6. The number of nitriles is 1. The van der Waals surface area contributed by atoms with Crippen LogP contribution in [0.4, 0.5) is 8.78 Å². The maximum Gasteiger partial charge on any atom is 0.123 e. The Morgan fingerprint density at radius 3 is 1.01 bits per heavy atom. The Bertz CT molecular complexity index is 4210. The number of aryl methyl sites for hydroxylation is 1. The number of para-hydroxylation sites is 6. The Kier molecular flexibility index (Phi) is 8.62. The highest BCUT2D eigenvalue weighted by atomic mass is 19.1. The van der Waals surface area contributed by atoms with Crippen molar-refractivity contribution in [1.82, 2.24) is 18.3 Å². The molecule has 330 valence electrons. The van der Waals surface area contributed by atoms with Gasteiger partial charge in [0.25, 0.3) is 0 Å². The monoisotopic (exact) mass is 903 g/mol. The molecular formula is C63H39F2N5. The number of rotatable bonds is 6. The molecule has 0 aliphatic heterocycles. The molecule has 0 aliphatic rings. The van der Waals surface area contributed by atoms with Crippen molar-refractivity contribution in [3.8, 4) is 39.9 Å². The van der Waals surface area contributed by atoms with E-state index in [1.807, 2.05) is 48.5 Å². The third-order valence-electron chi connectivity index (χ3n) is 14.5. The van der Waals surface area contributed by atoms with Crippen LogP contribution in [-0.4, -0.2) is 18.3 Å². The second kappa shape index (κ2) is 15.1. The quantitative estimate of drug-likeness (QED) is 0.164. The lowest BCUT2D eigenvalue weighted by Crippen LogP contribution is -2.16. The van der Waals surface area contributed by atoms with Crippen LogP contribution >= 0.6 is 0 Å². The van der Waals surface area contributed by atoms with E-state index in [0.717, 1.165) is 115 Å². The summed E-state index contributed by atoms with van der Waals surface area (Å²) in [6, 6.07) is 71.4. The van der Waals surface area contributed by atoms with Gasteiger partial charge in [-0.3, -0.25) is 0 Å². The first kappa shape index (κ1) is 39.9. The smallest absolute Gasteiger partial charge is 0.123 e. The van der Waals surface area contributed by atoms with Gasteiger partial charge in [-0.15, -0.1) is 0 Å². The summed E-state index contributed by atoms with van der Waals surface area (Å²) in [6.07, 6.45) is 0.696. The molecule has 0 spiro atoms. The molecule has 0 amide bonds. The van der Waals surface area contributed by atoms with Crippen LogP contribution in [0.2, 0.25) is 0 Å². The minimum absolute atomic E-state index is 0.341. The van der Waals surface area contributed by atoms with Gasteiger partial charge in [0, 0.05) is 48.7 Å². The molecule has 0 fully saturated rings. The second-order valence-corrected chi connectivity index (χ2v) is 18.0. The van der Waals surface area contributed by atoms with Gasteiger partial charge in [0.1, 0.15) is 23.3 Å². The van der Waals surface area contributed by atoms with Gasteiger partial charge in [0.2, 0.25) is 0 Å². The second-order valence-electron chi connectivity index (χ2n) is 18.0. The molecule has 0 radical (unpaired) electrons. The number of fused-ring (bicyclic) bond motifs is 12. The molecule has 14 aromatic rings. The first-order valence-corrected chi connectivity index (χ1v) is 23.6. The number of hydrogen-bond donors (Lipinski definition) is 0. The van der Waals surface area contributed by atoms with Crippen molar-refractivity contribution in [2.45, 2.75) is 13.3 Å². The van der Waals surface area contributed by atoms with Crippen LogP contribution in [0.25, 0.3) is 121 Å². The molecule has 4 aromatic heterocycles. The van der Waals surface area contributed by atoms with Crippen molar-refractivity contribution in [1.29, 1.82) is 5.26 Å². The summed E-state index contributed by atoms with van der Waals surface area (Å²) in [7, 11) is 0. The van der Waals surface area contributed by atoms with Crippen molar-refractivity contribution in [3.05, 3.63) is 229 Å².